The van der Waals surface area contributed by atoms with Gasteiger partial charge in [-0.15, -0.1) is 0 Å². The third kappa shape index (κ3) is 1.91. The Labute approximate surface area is 120 Å². The maximum Gasteiger partial charge on any atom is 0.426 e. The molecule has 0 aromatic heterocycles. The van der Waals surface area contributed by atoms with Gasteiger partial charge in [0.1, 0.15) is 0 Å². The normalized spacial score (nSPS) is 40.2. The van der Waals surface area contributed by atoms with Crippen molar-refractivity contribution < 1.29 is 46.0 Å². The number of rotatable bonds is 1. The molecule has 1 N–H and O–H groups in total. The second kappa shape index (κ2) is 4.33. The van der Waals surface area contributed by atoms with Crippen LogP contribution in [0.15, 0.2) is 12.2 Å². The highest BCUT2D eigenvalue weighted by molar-refractivity contribution is 5.25. The van der Waals surface area contributed by atoms with Crippen molar-refractivity contribution in [3.63, 3.8) is 0 Å². The highest BCUT2D eigenvalue weighted by atomic mass is 19.4. The molecule has 0 aliphatic heterocycles. The number of alkyl halides is 9. The van der Waals surface area contributed by atoms with Crippen LogP contribution in [0.25, 0.3) is 0 Å². The van der Waals surface area contributed by atoms with Crippen molar-refractivity contribution in [2.45, 2.75) is 37.5 Å². The molecule has 10 heteroatoms. The van der Waals surface area contributed by atoms with E-state index in [0.29, 0.717) is 6.08 Å². The topological polar surface area (TPSA) is 20.2 Å². The lowest BCUT2D eigenvalue weighted by atomic mass is 9.62. The summed E-state index contributed by atoms with van der Waals surface area (Å²) in [6, 6.07) is 0. The second-order valence-electron chi connectivity index (χ2n) is 5.65. The van der Waals surface area contributed by atoms with Crippen molar-refractivity contribution in [2.24, 2.45) is 23.1 Å². The third-order valence-corrected chi connectivity index (χ3v) is 4.55. The number of hydrogen-bond donors (Lipinski definition) is 1. The van der Waals surface area contributed by atoms with Gasteiger partial charge in [-0.3, -0.25) is 0 Å². The van der Waals surface area contributed by atoms with Crippen molar-refractivity contribution in [1.29, 1.82) is 0 Å². The van der Waals surface area contributed by atoms with Gasteiger partial charge in [0.2, 0.25) is 0 Å². The molecule has 0 radical (unpaired) electrons. The van der Waals surface area contributed by atoms with Crippen molar-refractivity contribution in [3.8, 4) is 0 Å². The number of aliphatic hydroxyl groups is 1. The molecule has 0 heterocycles. The molecule has 0 amide bonds. The first-order valence-corrected chi connectivity index (χ1v) is 6.07. The van der Waals surface area contributed by atoms with Gasteiger partial charge < -0.3 is 5.11 Å². The maximum atomic E-state index is 13.4. The molecule has 22 heavy (non-hydrogen) atoms. The predicted molar refractivity (Wildman–Crippen MR) is 55.4 cm³/mol. The average molecular weight is 343 g/mol. The lowest BCUT2D eigenvalue weighted by molar-refractivity contribution is -0.407. The lowest BCUT2D eigenvalue weighted by Gasteiger charge is -2.48. The average Bonchev–Trinajstić information content (AvgIpc) is 2.87. The van der Waals surface area contributed by atoms with Crippen LogP contribution in [-0.2, 0) is 0 Å². The van der Waals surface area contributed by atoms with Crippen LogP contribution in [0, 0.1) is 23.1 Å². The van der Waals surface area contributed by atoms with E-state index in [1.54, 1.807) is 0 Å². The molecule has 1 saturated carbocycles. The molecular formula is C12H11F9O. The molecule has 2 aliphatic carbocycles. The summed E-state index contributed by atoms with van der Waals surface area (Å²) in [6.45, 7) is 0.136. The van der Waals surface area contributed by atoms with E-state index in [0.717, 1.165) is 6.08 Å². The summed E-state index contributed by atoms with van der Waals surface area (Å²) >= 11 is 0. The Kier molecular flexibility index (Phi) is 3.14. The Hall–Kier alpha value is -0.930. The molecule has 128 valence electrons. The van der Waals surface area contributed by atoms with Gasteiger partial charge in [0.15, 0.2) is 0 Å². The monoisotopic (exact) mass is 343 g/mol. The quantitative estimate of drug-likeness (QED) is 0.558. The fourth-order valence-electron chi connectivity index (χ4n) is 3.40. The summed E-state index contributed by atoms with van der Waals surface area (Å²) < 4.78 is 126. The zero-order chi connectivity index (χ0) is 18.3. The third-order valence-electron chi connectivity index (χ3n) is 4.55. The smallest absolute Gasteiger partial charge is 0.373 e. The molecule has 0 saturated heterocycles. The van der Waals surface area contributed by atoms with E-state index in [1.807, 2.05) is 0 Å². The maximum absolute atomic E-state index is 13.4. The Morgan fingerprint density at radius 2 is 1.45 bits per heavy atom. The molecular weight excluding hydrogens is 331 g/mol. The van der Waals surface area contributed by atoms with Gasteiger partial charge in [-0.2, -0.15) is 39.5 Å². The van der Waals surface area contributed by atoms with Crippen LogP contribution < -0.4 is 0 Å². The van der Waals surface area contributed by atoms with E-state index < -0.39 is 53.7 Å². The summed E-state index contributed by atoms with van der Waals surface area (Å²) in [5.74, 6) is -8.07. The SMILES string of the molecule is [2H]C1(C(O)(C(F)(F)F)C(F)(F)F)C2C=CC(C2)C1(C)C(F)(F)F. The van der Waals surface area contributed by atoms with Gasteiger partial charge in [0.05, 0.1) is 5.41 Å². The standard InChI is InChI=1S/C12H11F9O/c1-8(10(13,14)15)6-3-2-5(4-6)7(8)9(22,11(16,17)18)12(19,20)21/h2-3,5-7,22H,4H2,1H3/i7D. The Morgan fingerprint density at radius 1 is 1.00 bits per heavy atom. The van der Waals surface area contributed by atoms with E-state index in [4.69, 9.17) is 1.37 Å². The zero-order valence-corrected chi connectivity index (χ0v) is 10.9. The molecule has 1 nitrogen and oxygen atoms in total. The van der Waals surface area contributed by atoms with Crippen LogP contribution in [0.3, 0.4) is 0 Å². The molecule has 0 aromatic rings. The van der Waals surface area contributed by atoms with E-state index in [1.165, 1.54) is 0 Å². The lowest BCUT2D eigenvalue weighted by Crippen LogP contribution is -2.67. The molecule has 2 aliphatic rings. The minimum absolute atomic E-state index is 0.136. The zero-order valence-electron chi connectivity index (χ0n) is 11.9. The Balaban J connectivity index is 2.83. The predicted octanol–water partition coefficient (Wildman–Crippen LogP) is 4.23. The van der Waals surface area contributed by atoms with Crippen molar-refractivity contribution >= 4 is 0 Å². The summed E-state index contributed by atoms with van der Waals surface area (Å²) in [7, 11) is 0. The fraction of sp³-hybridized carbons (Fsp3) is 0.833. The molecule has 2 bridgehead atoms. The molecule has 1 fully saturated rings. The van der Waals surface area contributed by atoms with Gasteiger partial charge in [-0.1, -0.05) is 12.2 Å². The molecule has 4 atom stereocenters. The molecule has 0 aromatic carbocycles. The molecule has 4 unspecified atom stereocenters. The van der Waals surface area contributed by atoms with Crippen LogP contribution >= 0.6 is 0 Å². The van der Waals surface area contributed by atoms with Crippen molar-refractivity contribution in [2.75, 3.05) is 0 Å². The van der Waals surface area contributed by atoms with Crippen molar-refractivity contribution in [1.82, 2.24) is 0 Å². The second-order valence-corrected chi connectivity index (χ2v) is 5.65. The minimum Gasteiger partial charge on any atom is -0.373 e. The first kappa shape index (κ1) is 15.9. The highest BCUT2D eigenvalue weighted by Crippen LogP contribution is 2.69. The van der Waals surface area contributed by atoms with E-state index in [-0.39, 0.29) is 6.92 Å². The molecule has 0 spiro atoms. The van der Waals surface area contributed by atoms with Crippen LogP contribution in [0.2, 0.25) is 0 Å². The van der Waals surface area contributed by atoms with Crippen LogP contribution in [0.4, 0.5) is 39.5 Å². The van der Waals surface area contributed by atoms with Crippen LogP contribution in [0.5, 0.6) is 0 Å². The number of hydrogen-bond acceptors (Lipinski definition) is 1. The van der Waals surface area contributed by atoms with Gasteiger partial charge in [-0.05, 0) is 25.2 Å². The van der Waals surface area contributed by atoms with Crippen LogP contribution in [0.1, 0.15) is 14.7 Å². The van der Waals surface area contributed by atoms with E-state index in [2.05, 4.69) is 0 Å². The highest BCUT2D eigenvalue weighted by Gasteiger charge is 2.83. The first-order valence-electron chi connectivity index (χ1n) is 6.57. The summed E-state index contributed by atoms with van der Waals surface area (Å²) in [6.07, 6.45) is -17.7. The number of allylic oxidation sites excluding steroid dienone is 2. The minimum atomic E-state index is -6.50. The fourth-order valence-corrected chi connectivity index (χ4v) is 3.40. The Morgan fingerprint density at radius 3 is 1.82 bits per heavy atom. The van der Waals surface area contributed by atoms with Gasteiger partial charge >= 0.3 is 18.5 Å². The summed E-state index contributed by atoms with van der Waals surface area (Å²) in [5.41, 5.74) is -9.53. The number of halogens is 9. The van der Waals surface area contributed by atoms with E-state index >= 15 is 0 Å². The largest absolute Gasteiger partial charge is 0.426 e. The first-order chi connectivity index (χ1) is 9.96. The van der Waals surface area contributed by atoms with Gasteiger partial charge in [0.25, 0.3) is 5.60 Å². The van der Waals surface area contributed by atoms with Gasteiger partial charge in [0, 0.05) is 7.26 Å². The summed E-state index contributed by atoms with van der Waals surface area (Å²) in [4.78, 5) is 0. The molecule has 2 rings (SSSR count). The summed E-state index contributed by atoms with van der Waals surface area (Å²) in [5, 5.41) is 9.49. The van der Waals surface area contributed by atoms with Crippen molar-refractivity contribution in [3.05, 3.63) is 12.2 Å². The van der Waals surface area contributed by atoms with Gasteiger partial charge in [-0.25, -0.2) is 0 Å². The van der Waals surface area contributed by atoms with E-state index in [9.17, 15) is 44.6 Å². The van der Waals surface area contributed by atoms with Crippen LogP contribution in [-0.4, -0.2) is 29.2 Å². The number of fused-ring (bicyclic) bond motifs is 2. The Bertz CT molecular complexity index is 520.